The number of thioether (sulfide) groups is 2. The Balaban J connectivity index is 1.43. The molecule has 40 heavy (non-hydrogen) atoms. The number of nitrogens with one attached hydrogen (secondary N) is 2. The summed E-state index contributed by atoms with van der Waals surface area (Å²) in [6.45, 7) is 2.49. The number of unbranched alkanes of at least 4 members (excludes halogenated alkanes) is 2. The van der Waals surface area contributed by atoms with Gasteiger partial charge in [-0.1, -0.05) is 21.6 Å². The number of nitrogens with zero attached hydrogens (tertiary/aromatic N) is 2. The molecule has 2 aliphatic heterocycles. The molecular weight excluding hydrogens is 593 g/mol. The van der Waals surface area contributed by atoms with E-state index in [1.165, 1.54) is 21.6 Å². The number of carbonyl (C=O) groups is 4. The van der Waals surface area contributed by atoms with Crippen molar-refractivity contribution in [3.63, 3.8) is 0 Å². The summed E-state index contributed by atoms with van der Waals surface area (Å²) >= 11 is 3.47. The van der Waals surface area contributed by atoms with Gasteiger partial charge in [0.15, 0.2) is 0 Å². The maximum absolute atomic E-state index is 12.2. The Hall–Kier alpha value is -0.880. The van der Waals surface area contributed by atoms with Gasteiger partial charge in [0.05, 0.1) is 35.9 Å². The van der Waals surface area contributed by atoms with Crippen molar-refractivity contribution in [2.24, 2.45) is 22.9 Å². The Bertz CT molecular complexity index is 739. The van der Waals surface area contributed by atoms with Crippen molar-refractivity contribution in [2.75, 3.05) is 60.9 Å². The van der Waals surface area contributed by atoms with E-state index in [2.05, 4.69) is 10.6 Å². The smallest absolute Gasteiger partial charge is 0.240 e. The fourth-order valence-corrected chi connectivity index (χ4v) is 8.11. The van der Waals surface area contributed by atoms with Crippen molar-refractivity contribution >= 4 is 68.7 Å². The quantitative estimate of drug-likeness (QED) is 0.0769. The first-order valence-electron chi connectivity index (χ1n) is 13.8. The van der Waals surface area contributed by atoms with Gasteiger partial charge >= 0.3 is 0 Å². The summed E-state index contributed by atoms with van der Waals surface area (Å²) in [5.74, 6) is 3.70. The van der Waals surface area contributed by atoms with Crippen LogP contribution in [0.1, 0.15) is 38.5 Å². The zero-order chi connectivity index (χ0) is 29.3. The summed E-state index contributed by atoms with van der Waals surface area (Å²) in [5.41, 5.74) is 24.0. The molecule has 2 heterocycles. The molecule has 0 saturated carbocycles. The van der Waals surface area contributed by atoms with E-state index in [9.17, 15) is 19.2 Å². The van der Waals surface area contributed by atoms with Gasteiger partial charge in [0.1, 0.15) is 0 Å². The van der Waals surface area contributed by atoms with Gasteiger partial charge in [0, 0.05) is 49.2 Å². The maximum atomic E-state index is 12.2. The molecule has 0 aromatic rings. The van der Waals surface area contributed by atoms with E-state index in [0.29, 0.717) is 37.4 Å². The Morgan fingerprint density at radius 1 is 0.650 bits per heavy atom. The molecule has 12 nitrogen and oxygen atoms in total. The summed E-state index contributed by atoms with van der Waals surface area (Å²) in [7, 11) is 2.81. The van der Waals surface area contributed by atoms with Gasteiger partial charge in [-0.15, -0.1) is 23.5 Å². The van der Waals surface area contributed by atoms with Crippen LogP contribution in [0.5, 0.6) is 0 Å². The largest absolute Gasteiger partial charge is 0.355 e. The summed E-state index contributed by atoms with van der Waals surface area (Å²) in [6.07, 6.45) is 4.13. The molecule has 4 atom stereocenters. The van der Waals surface area contributed by atoms with Gasteiger partial charge in [-0.2, -0.15) is 0 Å². The molecule has 4 amide bonds. The SMILES string of the molecule is NC(CSSCC(N)C(=O)NCCCCC(N)C(=O)N1CCSC1)C(=O)NCCCCC(N)C(=O)N1CCSC1. The van der Waals surface area contributed by atoms with Crippen molar-refractivity contribution in [1.29, 1.82) is 0 Å². The molecule has 0 bridgehead atoms. The van der Waals surface area contributed by atoms with E-state index in [4.69, 9.17) is 22.9 Å². The van der Waals surface area contributed by atoms with Crippen LogP contribution in [-0.2, 0) is 19.2 Å². The minimum atomic E-state index is -0.665. The van der Waals surface area contributed by atoms with Crippen LogP contribution in [0.2, 0.25) is 0 Å². The average Bonchev–Trinajstić information content (AvgIpc) is 3.68. The molecule has 16 heteroatoms. The summed E-state index contributed by atoms with van der Waals surface area (Å²) < 4.78 is 0. The maximum Gasteiger partial charge on any atom is 0.240 e. The zero-order valence-electron chi connectivity index (χ0n) is 23.1. The van der Waals surface area contributed by atoms with Crippen molar-refractivity contribution in [3.05, 3.63) is 0 Å². The second-order valence-electron chi connectivity index (χ2n) is 9.85. The minimum Gasteiger partial charge on any atom is -0.355 e. The molecule has 10 N–H and O–H groups in total. The molecule has 2 fully saturated rings. The molecular formula is C24H46N8O4S4. The molecule has 230 valence electrons. The van der Waals surface area contributed by atoms with Gasteiger partial charge in [-0.25, -0.2) is 0 Å². The van der Waals surface area contributed by atoms with Crippen LogP contribution in [0.4, 0.5) is 0 Å². The molecule has 4 unspecified atom stereocenters. The molecule has 0 radical (unpaired) electrons. The predicted octanol–water partition coefficient (Wildman–Crippen LogP) is -0.684. The molecule has 0 spiro atoms. The van der Waals surface area contributed by atoms with E-state index in [0.717, 1.165) is 62.0 Å². The standard InChI is InChI=1S/C24H46N8O4S4/c25-17(23(35)31-9-11-37-15-31)5-1-3-7-29-21(33)19(27)13-39-40-14-20(28)22(34)30-8-4-2-6-18(26)24(36)32-10-12-38-16-32/h17-20H,1-16,25-28H2,(H,29,33)(H,30,34). The summed E-state index contributed by atoms with van der Waals surface area (Å²) in [6, 6.07) is -2.31. The first kappa shape index (κ1) is 35.3. The topological polar surface area (TPSA) is 203 Å². The number of hydrogen-bond acceptors (Lipinski definition) is 12. The molecule has 2 saturated heterocycles. The second kappa shape index (κ2) is 20.1. The number of nitrogens with two attached hydrogens (primary N) is 4. The van der Waals surface area contributed by atoms with E-state index in [-0.39, 0.29) is 23.6 Å². The minimum absolute atomic E-state index is 0.00440. The van der Waals surface area contributed by atoms with Crippen molar-refractivity contribution in [1.82, 2.24) is 20.4 Å². The fourth-order valence-electron chi connectivity index (χ4n) is 3.95. The monoisotopic (exact) mass is 638 g/mol. The first-order chi connectivity index (χ1) is 19.2. The highest BCUT2D eigenvalue weighted by molar-refractivity contribution is 8.76. The Morgan fingerprint density at radius 2 is 1.05 bits per heavy atom. The number of amides is 4. The lowest BCUT2D eigenvalue weighted by Crippen LogP contribution is -2.43. The highest BCUT2D eigenvalue weighted by Crippen LogP contribution is 2.22. The Kier molecular flexibility index (Phi) is 17.7. The van der Waals surface area contributed by atoms with Crippen molar-refractivity contribution in [3.8, 4) is 0 Å². The fraction of sp³-hybridized carbons (Fsp3) is 0.833. The van der Waals surface area contributed by atoms with Crippen LogP contribution in [0.15, 0.2) is 0 Å². The third-order valence-corrected chi connectivity index (χ3v) is 10.9. The molecule has 2 aliphatic rings. The lowest BCUT2D eigenvalue weighted by molar-refractivity contribution is -0.132. The van der Waals surface area contributed by atoms with Crippen molar-refractivity contribution < 1.29 is 19.2 Å². The van der Waals surface area contributed by atoms with E-state index < -0.39 is 24.2 Å². The third kappa shape index (κ3) is 13.4. The van der Waals surface area contributed by atoms with E-state index >= 15 is 0 Å². The molecule has 2 rings (SSSR count). The lowest BCUT2D eigenvalue weighted by atomic mass is 10.1. The van der Waals surface area contributed by atoms with E-state index in [1.54, 1.807) is 33.3 Å². The molecule has 0 aliphatic carbocycles. The van der Waals surface area contributed by atoms with Gasteiger partial charge in [-0.3, -0.25) is 19.2 Å². The Morgan fingerprint density at radius 3 is 1.40 bits per heavy atom. The number of hydrogen-bond donors (Lipinski definition) is 6. The van der Waals surface area contributed by atoms with Crippen LogP contribution < -0.4 is 33.6 Å². The van der Waals surface area contributed by atoms with Crippen LogP contribution in [0.3, 0.4) is 0 Å². The third-order valence-electron chi connectivity index (χ3n) is 6.50. The van der Waals surface area contributed by atoms with E-state index in [1.807, 2.05) is 0 Å². The van der Waals surface area contributed by atoms with Gasteiger partial charge in [0.2, 0.25) is 23.6 Å². The average molecular weight is 639 g/mol. The molecule has 0 aromatic heterocycles. The predicted molar refractivity (Wildman–Crippen MR) is 169 cm³/mol. The lowest BCUT2D eigenvalue weighted by Gasteiger charge is -2.19. The van der Waals surface area contributed by atoms with Gasteiger partial charge in [0.25, 0.3) is 0 Å². The highest BCUT2D eigenvalue weighted by Gasteiger charge is 2.24. The van der Waals surface area contributed by atoms with Gasteiger partial charge in [-0.05, 0) is 38.5 Å². The normalized spacial score (nSPS) is 18.3. The van der Waals surface area contributed by atoms with Crippen LogP contribution in [0, 0.1) is 0 Å². The summed E-state index contributed by atoms with van der Waals surface area (Å²) in [5, 5.41) is 5.65. The van der Waals surface area contributed by atoms with Crippen molar-refractivity contribution in [2.45, 2.75) is 62.7 Å². The molecule has 0 aromatic carbocycles. The highest BCUT2D eigenvalue weighted by atomic mass is 33.1. The van der Waals surface area contributed by atoms with Crippen LogP contribution in [-0.4, -0.2) is 119 Å². The van der Waals surface area contributed by atoms with Gasteiger partial charge < -0.3 is 43.4 Å². The number of carbonyl (C=O) groups excluding carboxylic acids is 4. The summed E-state index contributed by atoms with van der Waals surface area (Å²) in [4.78, 5) is 52.4. The Labute approximate surface area is 254 Å². The first-order valence-corrected chi connectivity index (χ1v) is 18.6. The second-order valence-corrected chi connectivity index (χ2v) is 14.5. The zero-order valence-corrected chi connectivity index (χ0v) is 26.4. The number of rotatable bonds is 19. The van der Waals surface area contributed by atoms with Crippen LogP contribution in [0.25, 0.3) is 0 Å². The van der Waals surface area contributed by atoms with Crippen LogP contribution >= 0.6 is 45.1 Å².